The number of ether oxygens (including phenoxy) is 2. The summed E-state index contributed by atoms with van der Waals surface area (Å²) in [6.45, 7) is 1.86. The molecule has 41 heavy (non-hydrogen) atoms. The van der Waals surface area contributed by atoms with Crippen LogP contribution in [0.15, 0.2) is 36.4 Å². The Morgan fingerprint density at radius 1 is 1.10 bits per heavy atom. The number of methoxy groups -OCH3 is 1. The highest BCUT2D eigenvalue weighted by Crippen LogP contribution is 2.47. The molecule has 2 aromatic rings. The van der Waals surface area contributed by atoms with Gasteiger partial charge in [0.1, 0.15) is 17.2 Å². The third-order valence-electron chi connectivity index (χ3n) is 8.72. The number of carboxylic acids is 1. The zero-order chi connectivity index (χ0) is 29.4. The van der Waals surface area contributed by atoms with Gasteiger partial charge in [-0.2, -0.15) is 13.2 Å². The summed E-state index contributed by atoms with van der Waals surface area (Å²) >= 11 is 0. The van der Waals surface area contributed by atoms with E-state index in [0.717, 1.165) is 62.9 Å². The van der Waals surface area contributed by atoms with Crippen molar-refractivity contribution in [2.75, 3.05) is 26.8 Å². The Balaban J connectivity index is 1.18. The smallest absolute Gasteiger partial charge is 0.416 e. The van der Waals surface area contributed by atoms with Crippen LogP contribution in [0.1, 0.15) is 71.5 Å². The Bertz CT molecular complexity index is 1280. The number of aromatic carboxylic acids is 1. The third kappa shape index (κ3) is 6.35. The summed E-state index contributed by atoms with van der Waals surface area (Å²) in [7, 11) is 1.30. The van der Waals surface area contributed by atoms with E-state index in [1.807, 2.05) is 0 Å². The Morgan fingerprint density at radius 2 is 1.83 bits per heavy atom. The van der Waals surface area contributed by atoms with Crippen LogP contribution in [0, 0.1) is 11.7 Å². The summed E-state index contributed by atoms with van der Waals surface area (Å²) in [5.74, 6) is -2.01. The molecule has 1 aliphatic carbocycles. The number of hydrogen-bond donors (Lipinski definition) is 2. The van der Waals surface area contributed by atoms with Crippen molar-refractivity contribution in [1.29, 1.82) is 0 Å². The van der Waals surface area contributed by atoms with E-state index in [1.165, 1.54) is 25.3 Å². The zero-order valence-electron chi connectivity index (χ0n) is 22.8. The molecular weight excluding hydrogens is 544 g/mol. The molecule has 0 spiro atoms. The number of carboxylic acid groups (broad SMARTS) is 1. The molecule has 222 valence electrons. The number of likely N-dealkylation sites (tertiary alicyclic amines) is 1. The molecule has 3 aliphatic rings. The number of carbonyl (C=O) groups is 2. The molecule has 0 unspecified atom stereocenters. The van der Waals surface area contributed by atoms with E-state index in [2.05, 4.69) is 10.2 Å². The Morgan fingerprint density at radius 3 is 2.41 bits per heavy atom. The lowest BCUT2D eigenvalue weighted by Gasteiger charge is -2.45. The Kier molecular flexibility index (Phi) is 8.29. The normalized spacial score (nSPS) is 24.2. The predicted molar refractivity (Wildman–Crippen MR) is 141 cm³/mol. The number of amides is 1. The van der Waals surface area contributed by atoms with E-state index in [-0.39, 0.29) is 41.6 Å². The molecule has 0 bridgehead atoms. The first kappa shape index (κ1) is 29.3. The highest BCUT2D eigenvalue weighted by atomic mass is 19.4. The summed E-state index contributed by atoms with van der Waals surface area (Å²) in [5.41, 5.74) is -1.01. The average molecular weight is 579 g/mol. The van der Waals surface area contributed by atoms with Gasteiger partial charge in [-0.05, 0) is 105 Å². The minimum Gasteiger partial charge on any atom is -0.497 e. The van der Waals surface area contributed by atoms with Crippen LogP contribution in [0.5, 0.6) is 5.75 Å². The molecule has 5 rings (SSSR count). The molecule has 3 fully saturated rings. The molecule has 2 saturated heterocycles. The van der Waals surface area contributed by atoms with Gasteiger partial charge in [0.25, 0.3) is 5.91 Å². The van der Waals surface area contributed by atoms with Crippen LogP contribution in [-0.4, -0.2) is 60.3 Å². The van der Waals surface area contributed by atoms with Crippen molar-refractivity contribution in [1.82, 2.24) is 10.2 Å². The molecule has 2 heterocycles. The molecule has 2 N–H and O–H groups in total. The molecule has 0 aromatic heterocycles. The minimum atomic E-state index is -4.53. The van der Waals surface area contributed by atoms with Crippen LogP contribution in [0.25, 0.3) is 0 Å². The van der Waals surface area contributed by atoms with Gasteiger partial charge in [0, 0.05) is 12.6 Å². The summed E-state index contributed by atoms with van der Waals surface area (Å²) in [6, 6.07) is 7.86. The van der Waals surface area contributed by atoms with Crippen molar-refractivity contribution in [3.63, 3.8) is 0 Å². The van der Waals surface area contributed by atoms with Crippen LogP contribution in [0.3, 0.4) is 0 Å². The number of carbonyl (C=O) groups excluding carboxylic acids is 1. The molecule has 7 nitrogen and oxygen atoms in total. The van der Waals surface area contributed by atoms with Crippen molar-refractivity contribution in [2.45, 2.75) is 68.8 Å². The maximum Gasteiger partial charge on any atom is 0.416 e. The molecule has 2 atom stereocenters. The van der Waals surface area contributed by atoms with E-state index < -0.39 is 29.1 Å². The topological polar surface area (TPSA) is 88.1 Å². The fourth-order valence-corrected chi connectivity index (χ4v) is 6.24. The van der Waals surface area contributed by atoms with E-state index in [4.69, 9.17) is 9.47 Å². The first-order chi connectivity index (χ1) is 19.5. The van der Waals surface area contributed by atoms with Crippen molar-refractivity contribution in [2.24, 2.45) is 5.92 Å². The fraction of sp³-hybridized carbons (Fsp3) is 0.533. The number of nitrogens with zero attached hydrogens (tertiary/aromatic N) is 1. The van der Waals surface area contributed by atoms with Crippen molar-refractivity contribution in [3.8, 4) is 5.75 Å². The van der Waals surface area contributed by atoms with Crippen molar-refractivity contribution < 1.29 is 41.7 Å². The lowest BCUT2D eigenvalue weighted by Crippen LogP contribution is -2.57. The molecule has 1 amide bonds. The molecule has 0 radical (unpaired) electrons. The van der Waals surface area contributed by atoms with Crippen molar-refractivity contribution in [3.05, 3.63) is 64.5 Å². The summed E-state index contributed by atoms with van der Waals surface area (Å²) in [6.07, 6.45) is 0.101. The largest absolute Gasteiger partial charge is 0.497 e. The number of halogens is 4. The van der Waals surface area contributed by atoms with Gasteiger partial charge in [-0.25, -0.2) is 9.18 Å². The number of rotatable bonds is 8. The Labute approximate surface area is 235 Å². The van der Waals surface area contributed by atoms with E-state index in [9.17, 15) is 32.3 Å². The maximum absolute atomic E-state index is 13.8. The molecular formula is C30H34F4N2O5. The van der Waals surface area contributed by atoms with Crippen molar-refractivity contribution >= 4 is 11.9 Å². The summed E-state index contributed by atoms with van der Waals surface area (Å²) < 4.78 is 65.1. The summed E-state index contributed by atoms with van der Waals surface area (Å²) in [4.78, 5) is 27.1. The highest BCUT2D eigenvalue weighted by molar-refractivity contribution is 5.88. The second kappa shape index (κ2) is 11.6. The molecule has 1 saturated carbocycles. The fourth-order valence-electron chi connectivity index (χ4n) is 6.24. The van der Waals surface area contributed by atoms with Gasteiger partial charge < -0.3 is 19.9 Å². The quantitative estimate of drug-likeness (QED) is 0.410. The van der Waals surface area contributed by atoms with E-state index in [0.29, 0.717) is 18.6 Å². The monoisotopic (exact) mass is 578 g/mol. The summed E-state index contributed by atoms with van der Waals surface area (Å²) in [5, 5.41) is 12.1. The lowest BCUT2D eigenvalue weighted by atomic mass is 9.84. The van der Waals surface area contributed by atoms with Gasteiger partial charge in [-0.1, -0.05) is 6.07 Å². The highest BCUT2D eigenvalue weighted by Gasteiger charge is 2.54. The predicted octanol–water partition coefficient (Wildman–Crippen LogP) is 5.37. The average Bonchev–Trinajstić information content (AvgIpc) is 3.82. The Hall–Kier alpha value is -3.18. The van der Waals surface area contributed by atoms with E-state index >= 15 is 0 Å². The molecule has 11 heteroatoms. The lowest BCUT2D eigenvalue weighted by molar-refractivity contribution is -0.165. The first-order valence-corrected chi connectivity index (χ1v) is 13.9. The third-order valence-corrected chi connectivity index (χ3v) is 8.72. The molecule has 2 aliphatic heterocycles. The second-order valence-corrected chi connectivity index (χ2v) is 11.3. The van der Waals surface area contributed by atoms with E-state index in [1.54, 1.807) is 6.07 Å². The van der Waals surface area contributed by atoms with Crippen LogP contribution < -0.4 is 10.1 Å². The van der Waals surface area contributed by atoms with Crippen LogP contribution in [0.4, 0.5) is 17.6 Å². The number of hydrogen-bond acceptors (Lipinski definition) is 5. The molecule has 2 aromatic carbocycles. The second-order valence-electron chi connectivity index (χ2n) is 11.3. The van der Waals surface area contributed by atoms with Crippen LogP contribution in [0.2, 0.25) is 0 Å². The SMILES string of the molecule is COc1cc(CNC(=O)[C@@]2(C3CC3)CC[C@@H](N3CCC(c4ccc(F)c(C(=O)O)c4)CC3)CO2)cc(C(F)(F)F)c1. The van der Waals surface area contributed by atoms with Crippen LogP contribution in [-0.2, 0) is 22.3 Å². The standard InChI is InChI=1S/C30H34F4N2O5/c1-40-24-13-18(12-22(15-24)30(32,33)34)16-35-28(39)29(21-3-4-21)9-6-23(17-41-29)36-10-7-19(8-11-36)20-2-5-26(31)25(14-20)27(37)38/h2,5,12-15,19,21,23H,3-4,6-11,16-17H2,1H3,(H,35,39)(H,37,38)/t23-,29+/m1/s1. The van der Waals surface area contributed by atoms with Gasteiger partial charge in [0.15, 0.2) is 0 Å². The maximum atomic E-state index is 13.8. The van der Waals surface area contributed by atoms with Gasteiger partial charge in [0.2, 0.25) is 0 Å². The zero-order valence-corrected chi connectivity index (χ0v) is 22.8. The van der Waals surface area contributed by atoms with Gasteiger partial charge in [0.05, 0.1) is 24.8 Å². The number of benzene rings is 2. The number of nitrogens with one attached hydrogen (secondary N) is 1. The van der Waals surface area contributed by atoms with Gasteiger partial charge in [-0.3, -0.25) is 9.69 Å². The first-order valence-electron chi connectivity index (χ1n) is 13.9. The van der Waals surface area contributed by atoms with Gasteiger partial charge >= 0.3 is 12.1 Å². The van der Waals surface area contributed by atoms with Crippen LogP contribution >= 0.6 is 0 Å². The number of alkyl halides is 3. The number of piperidine rings is 1. The minimum absolute atomic E-state index is 0.0686. The van der Waals surface area contributed by atoms with Gasteiger partial charge in [-0.15, -0.1) is 0 Å².